The van der Waals surface area contributed by atoms with Crippen LogP contribution in [0.2, 0.25) is 0 Å². The maximum atomic E-state index is 11.9. The SMILES string of the molecule is Cc1ccccc1NC(=O)CCC(=O)OCc1cccc([N+](=O)[O-])c1. The molecule has 0 fully saturated rings. The molecule has 1 N–H and O–H groups in total. The number of nitro groups is 1. The van der Waals surface area contributed by atoms with Gasteiger partial charge in [-0.05, 0) is 24.1 Å². The van der Waals surface area contributed by atoms with Crippen molar-refractivity contribution in [2.45, 2.75) is 26.4 Å². The summed E-state index contributed by atoms with van der Waals surface area (Å²) < 4.78 is 5.05. The van der Waals surface area contributed by atoms with Gasteiger partial charge in [0.05, 0.1) is 11.3 Å². The van der Waals surface area contributed by atoms with Crippen LogP contribution >= 0.6 is 0 Å². The summed E-state index contributed by atoms with van der Waals surface area (Å²) in [6.07, 6.45) is -0.0608. The molecule has 25 heavy (non-hydrogen) atoms. The lowest BCUT2D eigenvalue weighted by Crippen LogP contribution is -2.15. The van der Waals surface area contributed by atoms with Gasteiger partial charge >= 0.3 is 5.97 Å². The quantitative estimate of drug-likeness (QED) is 0.472. The number of ether oxygens (including phenoxy) is 1. The lowest BCUT2D eigenvalue weighted by atomic mass is 10.2. The summed E-state index contributed by atoms with van der Waals surface area (Å²) in [5.41, 5.74) is 2.10. The molecule has 0 aliphatic heterocycles. The number of para-hydroxylation sites is 1. The van der Waals surface area contributed by atoms with E-state index in [1.807, 2.05) is 25.1 Å². The Balaban J connectivity index is 1.77. The van der Waals surface area contributed by atoms with E-state index in [1.54, 1.807) is 12.1 Å². The lowest BCUT2D eigenvalue weighted by molar-refractivity contribution is -0.384. The molecule has 2 aromatic rings. The molecule has 0 bridgehead atoms. The van der Waals surface area contributed by atoms with Crippen molar-refractivity contribution in [3.05, 3.63) is 69.8 Å². The largest absolute Gasteiger partial charge is 0.461 e. The zero-order valence-corrected chi connectivity index (χ0v) is 13.7. The number of esters is 1. The molecule has 0 heterocycles. The number of rotatable bonds is 7. The molecule has 7 nitrogen and oxygen atoms in total. The molecule has 0 saturated heterocycles. The number of nitro benzene ring substituents is 1. The van der Waals surface area contributed by atoms with Gasteiger partial charge in [0.2, 0.25) is 5.91 Å². The maximum Gasteiger partial charge on any atom is 0.306 e. The Labute approximate surface area is 144 Å². The van der Waals surface area contributed by atoms with Crippen LogP contribution in [-0.4, -0.2) is 16.8 Å². The molecular formula is C18H18N2O5. The van der Waals surface area contributed by atoms with Gasteiger partial charge in [0.25, 0.3) is 5.69 Å². The zero-order valence-electron chi connectivity index (χ0n) is 13.7. The molecule has 7 heteroatoms. The third-order valence-corrected chi connectivity index (χ3v) is 3.50. The van der Waals surface area contributed by atoms with Crippen LogP contribution in [0.25, 0.3) is 0 Å². The van der Waals surface area contributed by atoms with Crippen LogP contribution in [0.15, 0.2) is 48.5 Å². The number of carbonyl (C=O) groups is 2. The number of carbonyl (C=O) groups excluding carboxylic acids is 2. The molecule has 0 saturated carbocycles. The summed E-state index contributed by atoms with van der Waals surface area (Å²) in [5, 5.41) is 13.4. The van der Waals surface area contributed by atoms with Gasteiger partial charge in [-0.1, -0.05) is 30.3 Å². The number of anilines is 1. The third-order valence-electron chi connectivity index (χ3n) is 3.50. The van der Waals surface area contributed by atoms with Crippen LogP contribution in [0.3, 0.4) is 0 Å². The van der Waals surface area contributed by atoms with Crippen LogP contribution in [-0.2, 0) is 20.9 Å². The maximum absolute atomic E-state index is 11.9. The summed E-state index contributed by atoms with van der Waals surface area (Å²) in [4.78, 5) is 33.8. The Morgan fingerprint density at radius 1 is 1.12 bits per heavy atom. The molecular weight excluding hydrogens is 324 g/mol. The molecule has 130 valence electrons. The molecule has 0 unspecified atom stereocenters. The highest BCUT2D eigenvalue weighted by Crippen LogP contribution is 2.15. The number of hydrogen-bond donors (Lipinski definition) is 1. The smallest absolute Gasteiger partial charge is 0.306 e. The van der Waals surface area contributed by atoms with Crippen molar-refractivity contribution < 1.29 is 19.2 Å². The second-order valence-corrected chi connectivity index (χ2v) is 5.45. The van der Waals surface area contributed by atoms with Gasteiger partial charge in [-0.3, -0.25) is 19.7 Å². The minimum absolute atomic E-state index is 0.00209. The topological polar surface area (TPSA) is 98.5 Å². The van der Waals surface area contributed by atoms with Gasteiger partial charge in [0, 0.05) is 24.2 Å². The number of nitrogens with zero attached hydrogens (tertiary/aromatic N) is 1. The Morgan fingerprint density at radius 2 is 1.88 bits per heavy atom. The molecule has 2 aromatic carbocycles. The second kappa shape index (κ2) is 8.58. The van der Waals surface area contributed by atoms with Crippen LogP contribution in [0.5, 0.6) is 0 Å². The summed E-state index contributed by atoms with van der Waals surface area (Å²) in [5.74, 6) is -0.812. The third kappa shape index (κ3) is 5.72. The van der Waals surface area contributed by atoms with Crippen molar-refractivity contribution >= 4 is 23.3 Å². The van der Waals surface area contributed by atoms with E-state index in [-0.39, 0.29) is 31.0 Å². The number of nitrogens with one attached hydrogen (secondary N) is 1. The fourth-order valence-corrected chi connectivity index (χ4v) is 2.14. The van der Waals surface area contributed by atoms with Crippen LogP contribution in [0.4, 0.5) is 11.4 Å². The van der Waals surface area contributed by atoms with E-state index in [2.05, 4.69) is 5.32 Å². The predicted octanol–water partition coefficient (Wildman–Crippen LogP) is 3.37. The minimum Gasteiger partial charge on any atom is -0.461 e. The number of benzene rings is 2. The van der Waals surface area contributed by atoms with E-state index in [0.29, 0.717) is 11.3 Å². The van der Waals surface area contributed by atoms with Gasteiger partial charge in [-0.2, -0.15) is 0 Å². The molecule has 0 atom stereocenters. The monoisotopic (exact) mass is 342 g/mol. The molecule has 0 aliphatic rings. The number of amides is 1. The lowest BCUT2D eigenvalue weighted by Gasteiger charge is -2.08. The molecule has 0 aromatic heterocycles. The van der Waals surface area contributed by atoms with Gasteiger partial charge in [-0.15, -0.1) is 0 Å². The van der Waals surface area contributed by atoms with E-state index < -0.39 is 10.9 Å². The molecule has 2 rings (SSSR count). The highest BCUT2D eigenvalue weighted by molar-refractivity contribution is 5.93. The van der Waals surface area contributed by atoms with E-state index >= 15 is 0 Å². The van der Waals surface area contributed by atoms with Gasteiger partial charge < -0.3 is 10.1 Å². The molecule has 0 aliphatic carbocycles. The summed E-state index contributed by atoms with van der Waals surface area (Å²) in [6, 6.07) is 13.2. The van der Waals surface area contributed by atoms with Crippen molar-refractivity contribution in [1.29, 1.82) is 0 Å². The average Bonchev–Trinajstić information content (AvgIpc) is 2.60. The standard InChI is InChI=1S/C18H18N2O5/c1-13-5-2-3-8-16(13)19-17(21)9-10-18(22)25-12-14-6-4-7-15(11-14)20(23)24/h2-8,11H,9-10,12H2,1H3,(H,19,21). The molecule has 0 radical (unpaired) electrons. The van der Waals surface area contributed by atoms with Crippen molar-refractivity contribution in [1.82, 2.24) is 0 Å². The van der Waals surface area contributed by atoms with Crippen LogP contribution in [0.1, 0.15) is 24.0 Å². The Bertz CT molecular complexity index is 789. The first kappa shape index (κ1) is 18.1. The first-order chi connectivity index (χ1) is 12.0. The van der Waals surface area contributed by atoms with E-state index in [4.69, 9.17) is 4.74 Å². The predicted molar refractivity (Wildman–Crippen MR) is 91.9 cm³/mol. The first-order valence-corrected chi connectivity index (χ1v) is 7.70. The number of non-ortho nitro benzene ring substituents is 1. The molecule has 1 amide bonds. The molecule has 0 spiro atoms. The van der Waals surface area contributed by atoms with Crippen LogP contribution < -0.4 is 5.32 Å². The van der Waals surface area contributed by atoms with Gasteiger partial charge in [0.15, 0.2) is 0 Å². The highest BCUT2D eigenvalue weighted by Gasteiger charge is 2.11. The fraction of sp³-hybridized carbons (Fsp3) is 0.222. The Kier molecular flexibility index (Phi) is 6.22. The zero-order chi connectivity index (χ0) is 18.2. The average molecular weight is 342 g/mol. The van der Waals surface area contributed by atoms with Crippen molar-refractivity contribution in [2.24, 2.45) is 0 Å². The first-order valence-electron chi connectivity index (χ1n) is 7.70. The van der Waals surface area contributed by atoms with E-state index in [1.165, 1.54) is 18.2 Å². The Morgan fingerprint density at radius 3 is 2.60 bits per heavy atom. The van der Waals surface area contributed by atoms with Crippen molar-refractivity contribution in [3.63, 3.8) is 0 Å². The summed E-state index contributed by atoms with van der Waals surface area (Å²) >= 11 is 0. The van der Waals surface area contributed by atoms with E-state index in [0.717, 1.165) is 5.56 Å². The van der Waals surface area contributed by atoms with Crippen molar-refractivity contribution in [2.75, 3.05) is 5.32 Å². The summed E-state index contributed by atoms with van der Waals surface area (Å²) in [6.45, 7) is 1.81. The van der Waals surface area contributed by atoms with Crippen LogP contribution in [0, 0.1) is 17.0 Å². The summed E-state index contributed by atoms with van der Waals surface area (Å²) in [7, 11) is 0. The minimum atomic E-state index is -0.536. The van der Waals surface area contributed by atoms with Crippen molar-refractivity contribution in [3.8, 4) is 0 Å². The van der Waals surface area contributed by atoms with E-state index in [9.17, 15) is 19.7 Å². The highest BCUT2D eigenvalue weighted by atomic mass is 16.6. The fourth-order valence-electron chi connectivity index (χ4n) is 2.14. The van der Waals surface area contributed by atoms with Gasteiger partial charge in [-0.25, -0.2) is 0 Å². The second-order valence-electron chi connectivity index (χ2n) is 5.45. The van der Waals surface area contributed by atoms with Gasteiger partial charge in [0.1, 0.15) is 6.61 Å². The number of hydrogen-bond acceptors (Lipinski definition) is 5. The number of aryl methyl sites for hydroxylation is 1. The Hall–Kier alpha value is -3.22. The normalized spacial score (nSPS) is 10.1.